The van der Waals surface area contributed by atoms with Crippen LogP contribution in [0.5, 0.6) is 0 Å². The molecule has 1 aromatic carbocycles. The highest BCUT2D eigenvalue weighted by atomic mass is 35.5. The van der Waals surface area contributed by atoms with E-state index in [-0.39, 0.29) is 0 Å². The molecule has 0 aliphatic rings. The van der Waals surface area contributed by atoms with Gasteiger partial charge in [-0.15, -0.1) is 0 Å². The molecule has 0 aliphatic carbocycles. The maximum Gasteiger partial charge on any atom is 0.0590 e. The molecule has 14 heavy (non-hydrogen) atoms. The first-order valence-corrected chi connectivity index (χ1v) is 5.80. The fourth-order valence-corrected chi connectivity index (χ4v) is 2.80. The summed E-state index contributed by atoms with van der Waals surface area (Å²) in [5.74, 6) is 0.464. The lowest BCUT2D eigenvalue weighted by atomic mass is 10.0. The van der Waals surface area contributed by atoms with Crippen LogP contribution in [0, 0.1) is 6.92 Å². The van der Waals surface area contributed by atoms with Gasteiger partial charge >= 0.3 is 0 Å². The molecule has 3 heteroatoms. The van der Waals surface area contributed by atoms with Crippen LogP contribution in [0.25, 0.3) is 10.1 Å². The quantitative estimate of drug-likeness (QED) is 0.702. The number of aromatic nitrogens is 1. The Morgan fingerprint density at radius 1 is 1.36 bits per heavy atom. The van der Waals surface area contributed by atoms with E-state index in [4.69, 9.17) is 11.6 Å². The Kier molecular flexibility index (Phi) is 2.50. The van der Waals surface area contributed by atoms with Crippen molar-refractivity contribution in [3.8, 4) is 0 Å². The maximum atomic E-state index is 6.19. The summed E-state index contributed by atoms with van der Waals surface area (Å²) in [6.45, 7) is 6.35. The molecule has 0 spiro atoms. The number of hydrogen-bond acceptors (Lipinski definition) is 2. The normalized spacial score (nSPS) is 11.5. The van der Waals surface area contributed by atoms with Gasteiger partial charge in [0.25, 0.3) is 0 Å². The van der Waals surface area contributed by atoms with Gasteiger partial charge in [-0.2, -0.15) is 4.37 Å². The van der Waals surface area contributed by atoms with Crippen molar-refractivity contribution in [2.45, 2.75) is 26.7 Å². The minimum Gasteiger partial charge on any atom is -0.197 e. The lowest BCUT2D eigenvalue weighted by Crippen LogP contribution is -1.88. The highest BCUT2D eigenvalue weighted by Crippen LogP contribution is 2.32. The summed E-state index contributed by atoms with van der Waals surface area (Å²) in [5, 5.41) is 2.10. The van der Waals surface area contributed by atoms with Crippen LogP contribution in [0.2, 0.25) is 5.02 Å². The van der Waals surface area contributed by atoms with Gasteiger partial charge in [0.05, 0.1) is 10.4 Å². The highest BCUT2D eigenvalue weighted by Gasteiger charge is 2.09. The monoisotopic (exact) mass is 225 g/mol. The van der Waals surface area contributed by atoms with E-state index >= 15 is 0 Å². The second-order valence-electron chi connectivity index (χ2n) is 3.79. The SMILES string of the molecule is Cc1nsc2cc(Cl)c(C(C)C)cc12. The summed E-state index contributed by atoms with van der Waals surface area (Å²) in [7, 11) is 0. The molecule has 2 aromatic rings. The van der Waals surface area contributed by atoms with Crippen molar-refractivity contribution in [3.05, 3.63) is 28.4 Å². The van der Waals surface area contributed by atoms with Crippen LogP contribution in [0.1, 0.15) is 31.0 Å². The van der Waals surface area contributed by atoms with E-state index in [1.807, 2.05) is 13.0 Å². The molecule has 0 fully saturated rings. The Morgan fingerprint density at radius 2 is 2.07 bits per heavy atom. The summed E-state index contributed by atoms with van der Waals surface area (Å²) in [6.07, 6.45) is 0. The first-order valence-electron chi connectivity index (χ1n) is 4.65. The summed E-state index contributed by atoms with van der Waals surface area (Å²) in [5.41, 5.74) is 2.31. The van der Waals surface area contributed by atoms with Gasteiger partial charge in [0.1, 0.15) is 0 Å². The minimum absolute atomic E-state index is 0.464. The third kappa shape index (κ3) is 1.53. The molecule has 0 atom stereocenters. The van der Waals surface area contributed by atoms with Crippen molar-refractivity contribution in [1.82, 2.24) is 4.37 Å². The molecule has 0 unspecified atom stereocenters. The molecular weight excluding hydrogens is 214 g/mol. The molecule has 0 N–H and O–H groups in total. The van der Waals surface area contributed by atoms with Crippen molar-refractivity contribution in [2.24, 2.45) is 0 Å². The van der Waals surface area contributed by atoms with Gasteiger partial charge in [-0.25, -0.2) is 0 Å². The maximum absolute atomic E-state index is 6.19. The number of benzene rings is 1. The number of rotatable bonds is 1. The minimum atomic E-state index is 0.464. The molecule has 0 saturated heterocycles. The molecule has 1 nitrogen and oxygen atoms in total. The zero-order valence-corrected chi connectivity index (χ0v) is 10.0. The standard InChI is InChI=1S/C11H12ClNS/c1-6(2)8-4-9-7(3)13-14-11(9)5-10(8)12/h4-6H,1-3H3. The first kappa shape index (κ1) is 9.94. The molecule has 74 valence electrons. The summed E-state index contributed by atoms with van der Waals surface area (Å²) in [4.78, 5) is 0. The number of hydrogen-bond donors (Lipinski definition) is 0. The predicted octanol–water partition coefficient (Wildman–Crippen LogP) is 4.38. The van der Waals surface area contributed by atoms with Crippen LogP contribution in [0.4, 0.5) is 0 Å². The van der Waals surface area contributed by atoms with Crippen LogP contribution in [0.15, 0.2) is 12.1 Å². The van der Waals surface area contributed by atoms with E-state index in [1.165, 1.54) is 27.2 Å². The molecule has 0 saturated carbocycles. The third-order valence-corrected chi connectivity index (χ3v) is 3.62. The molecule has 0 radical (unpaired) electrons. The smallest absolute Gasteiger partial charge is 0.0590 e. The second-order valence-corrected chi connectivity index (χ2v) is 5.00. The Hall–Kier alpha value is -0.600. The zero-order chi connectivity index (χ0) is 10.3. The molecule has 2 rings (SSSR count). The van der Waals surface area contributed by atoms with Gasteiger partial charge in [0, 0.05) is 10.4 Å². The lowest BCUT2D eigenvalue weighted by molar-refractivity contribution is 0.869. The number of fused-ring (bicyclic) bond motifs is 1. The van der Waals surface area contributed by atoms with Crippen molar-refractivity contribution in [3.63, 3.8) is 0 Å². The lowest BCUT2D eigenvalue weighted by Gasteiger charge is -2.07. The van der Waals surface area contributed by atoms with E-state index in [1.54, 1.807) is 0 Å². The van der Waals surface area contributed by atoms with Gasteiger partial charge in [-0.05, 0) is 42.1 Å². The van der Waals surface area contributed by atoms with Gasteiger partial charge in [0.15, 0.2) is 0 Å². The van der Waals surface area contributed by atoms with Crippen LogP contribution in [-0.4, -0.2) is 4.37 Å². The summed E-state index contributed by atoms with van der Waals surface area (Å²) < 4.78 is 5.50. The molecular formula is C11H12ClNS. The average Bonchev–Trinajstić information content (AvgIpc) is 2.46. The second kappa shape index (κ2) is 3.52. The Morgan fingerprint density at radius 3 is 2.71 bits per heavy atom. The van der Waals surface area contributed by atoms with Crippen LogP contribution < -0.4 is 0 Å². The summed E-state index contributed by atoms with van der Waals surface area (Å²) in [6, 6.07) is 4.19. The van der Waals surface area contributed by atoms with Crippen molar-refractivity contribution in [1.29, 1.82) is 0 Å². The number of aryl methyl sites for hydroxylation is 1. The Bertz CT molecular complexity index is 473. The van der Waals surface area contributed by atoms with Crippen LogP contribution in [-0.2, 0) is 0 Å². The van der Waals surface area contributed by atoms with E-state index in [9.17, 15) is 0 Å². The first-order chi connectivity index (χ1) is 6.59. The predicted molar refractivity (Wildman–Crippen MR) is 63.5 cm³/mol. The topological polar surface area (TPSA) is 12.9 Å². The summed E-state index contributed by atoms with van der Waals surface area (Å²) >= 11 is 7.70. The van der Waals surface area contributed by atoms with Crippen LogP contribution in [0.3, 0.4) is 0 Å². The zero-order valence-electron chi connectivity index (χ0n) is 8.47. The van der Waals surface area contributed by atoms with Crippen molar-refractivity contribution in [2.75, 3.05) is 0 Å². The van der Waals surface area contributed by atoms with Gasteiger partial charge in [-0.3, -0.25) is 0 Å². The van der Waals surface area contributed by atoms with E-state index in [0.29, 0.717) is 5.92 Å². The molecule has 0 aliphatic heterocycles. The van der Waals surface area contributed by atoms with Gasteiger partial charge in [-0.1, -0.05) is 25.4 Å². The van der Waals surface area contributed by atoms with E-state index < -0.39 is 0 Å². The van der Waals surface area contributed by atoms with Gasteiger partial charge in [0.2, 0.25) is 0 Å². The average molecular weight is 226 g/mol. The molecule has 1 heterocycles. The van der Waals surface area contributed by atoms with E-state index in [0.717, 1.165) is 10.7 Å². The largest absolute Gasteiger partial charge is 0.197 e. The Balaban J connectivity index is 2.74. The molecule has 0 bridgehead atoms. The van der Waals surface area contributed by atoms with Gasteiger partial charge < -0.3 is 0 Å². The Labute approximate surface area is 92.9 Å². The number of nitrogens with zero attached hydrogens (tertiary/aromatic N) is 1. The van der Waals surface area contributed by atoms with Crippen LogP contribution >= 0.6 is 23.1 Å². The number of halogens is 1. The molecule has 1 aromatic heterocycles. The highest BCUT2D eigenvalue weighted by molar-refractivity contribution is 7.13. The van der Waals surface area contributed by atoms with E-state index in [2.05, 4.69) is 24.3 Å². The molecule has 0 amide bonds. The fourth-order valence-electron chi connectivity index (χ4n) is 1.54. The van der Waals surface area contributed by atoms with Crippen molar-refractivity contribution >= 4 is 33.2 Å². The third-order valence-electron chi connectivity index (χ3n) is 2.39. The fraction of sp³-hybridized carbons (Fsp3) is 0.364. The van der Waals surface area contributed by atoms with Crippen molar-refractivity contribution < 1.29 is 0 Å².